The van der Waals surface area contributed by atoms with Crippen LogP contribution in [0.25, 0.3) is 11.1 Å². The molecule has 2 amide bonds. The average Bonchev–Trinajstić information content (AvgIpc) is 3.67. The average molecular weight is 741 g/mol. The van der Waals surface area contributed by atoms with Crippen LogP contribution in [0.5, 0.6) is 0 Å². The van der Waals surface area contributed by atoms with Gasteiger partial charge in [-0.2, -0.15) is 0 Å². The van der Waals surface area contributed by atoms with Crippen molar-refractivity contribution in [1.29, 1.82) is 0 Å². The van der Waals surface area contributed by atoms with E-state index >= 15 is 0 Å². The number of amides is 2. The van der Waals surface area contributed by atoms with E-state index in [4.69, 9.17) is 23.7 Å². The number of nitrogens with one attached hydrogen (secondary N) is 1. The van der Waals surface area contributed by atoms with Gasteiger partial charge in [-0.1, -0.05) is 85.8 Å². The lowest BCUT2D eigenvalue weighted by Crippen LogP contribution is -2.56. The van der Waals surface area contributed by atoms with Crippen LogP contribution < -0.4 is 5.32 Å². The van der Waals surface area contributed by atoms with Crippen LogP contribution in [0.4, 0.5) is 4.79 Å². The predicted molar refractivity (Wildman–Crippen MR) is 200 cm³/mol. The predicted octanol–water partition coefficient (Wildman–Crippen LogP) is 5.92. The second-order valence-electron chi connectivity index (χ2n) is 14.5. The normalized spacial score (nSPS) is 22.0. The largest absolute Gasteiger partial charge is 0.488 e. The van der Waals surface area contributed by atoms with Crippen LogP contribution in [-0.4, -0.2) is 84.5 Å². The first-order valence-corrected chi connectivity index (χ1v) is 18.1. The topological polar surface area (TPSA) is 147 Å². The minimum Gasteiger partial charge on any atom is -0.488 e. The molecule has 2 aliphatic carbocycles. The monoisotopic (exact) mass is 740 g/mol. The van der Waals surface area contributed by atoms with E-state index in [1.54, 1.807) is 39.8 Å². The number of carbonyl (C=O) groups excluding carboxylic acids is 5. The van der Waals surface area contributed by atoms with Crippen LogP contribution in [0.1, 0.15) is 65.0 Å². The number of hydrogen-bond acceptors (Lipinski definition) is 10. The molecule has 0 aromatic heterocycles. The van der Waals surface area contributed by atoms with E-state index in [0.29, 0.717) is 5.76 Å². The smallest absolute Gasteiger partial charge is 0.410 e. The number of hydrogen-bond donors (Lipinski definition) is 1. The summed E-state index contributed by atoms with van der Waals surface area (Å²) in [5.74, 6) is -3.36. The minimum absolute atomic E-state index is 0.0225. The Labute approximate surface area is 315 Å². The maximum Gasteiger partial charge on any atom is 0.410 e. The fourth-order valence-corrected chi connectivity index (χ4v) is 6.77. The van der Waals surface area contributed by atoms with E-state index in [-0.39, 0.29) is 32.1 Å². The highest BCUT2D eigenvalue weighted by Crippen LogP contribution is 2.44. The number of benzene rings is 2. The fraction of sp³-hybridized carbons (Fsp3) is 0.405. The molecule has 3 aliphatic rings. The summed E-state index contributed by atoms with van der Waals surface area (Å²) >= 11 is 0. The molecule has 0 bridgehead atoms. The van der Waals surface area contributed by atoms with E-state index in [2.05, 4.69) is 5.32 Å². The van der Waals surface area contributed by atoms with Gasteiger partial charge in [-0.3, -0.25) is 19.3 Å². The molecule has 2 aromatic carbocycles. The standard InChI is InChI=1S/C42H48N2O10/c1-26(37(52-28(3)46)25-50-27(2)45)38(40(48)54-42(4,5)6)43-39(47)36-22-30(53-29-16-10-8-7-9-11-17-29)23-44(36)41(49)51-24-35-33-20-14-12-18-31(33)32-19-13-15-21-34(32)35/h7-21,26,30,35-38H,22-25H2,1-6H3,(H,43,47)/b8-7-,9-7?,10-8?,11-9-,16-10-,17-11?,29-16?,29-17+/t26-,30+,36-,37-,38-/m0/s1. The third-order valence-electron chi connectivity index (χ3n) is 9.24. The molecule has 12 heteroatoms. The Kier molecular flexibility index (Phi) is 12.8. The van der Waals surface area contributed by atoms with Crippen molar-refractivity contribution >= 4 is 29.9 Å². The molecule has 286 valence electrons. The molecule has 5 atom stereocenters. The summed E-state index contributed by atoms with van der Waals surface area (Å²) in [4.78, 5) is 67.1. The van der Waals surface area contributed by atoms with Crippen LogP contribution in [0, 0.1) is 5.92 Å². The maximum atomic E-state index is 14.3. The van der Waals surface area contributed by atoms with Crippen molar-refractivity contribution < 1.29 is 47.7 Å². The summed E-state index contributed by atoms with van der Waals surface area (Å²) in [5, 5.41) is 2.77. The Morgan fingerprint density at radius 1 is 0.852 bits per heavy atom. The Balaban J connectivity index is 1.40. The van der Waals surface area contributed by atoms with E-state index in [1.165, 1.54) is 18.7 Å². The van der Waals surface area contributed by atoms with Crippen molar-refractivity contribution in [1.82, 2.24) is 10.2 Å². The van der Waals surface area contributed by atoms with Crippen molar-refractivity contribution in [3.05, 3.63) is 108 Å². The molecule has 54 heavy (non-hydrogen) atoms. The summed E-state index contributed by atoms with van der Waals surface area (Å²) in [7, 11) is 0. The van der Waals surface area contributed by atoms with Crippen LogP contribution in [0.15, 0.2) is 96.8 Å². The Morgan fingerprint density at radius 3 is 2.11 bits per heavy atom. The van der Waals surface area contributed by atoms with Crippen molar-refractivity contribution in [2.24, 2.45) is 5.92 Å². The van der Waals surface area contributed by atoms with Crippen LogP contribution >= 0.6 is 0 Å². The summed E-state index contributed by atoms with van der Waals surface area (Å²) in [6, 6.07) is 13.5. The number of esters is 3. The summed E-state index contributed by atoms with van der Waals surface area (Å²) in [6.07, 6.45) is 10.4. The van der Waals surface area contributed by atoms with Gasteiger partial charge in [-0.25, -0.2) is 9.59 Å². The van der Waals surface area contributed by atoms with Crippen molar-refractivity contribution in [2.75, 3.05) is 19.8 Å². The van der Waals surface area contributed by atoms with Gasteiger partial charge in [0.05, 0.1) is 6.54 Å². The highest BCUT2D eigenvalue weighted by atomic mass is 16.6. The van der Waals surface area contributed by atoms with E-state index < -0.39 is 65.7 Å². The van der Waals surface area contributed by atoms with E-state index in [0.717, 1.165) is 22.3 Å². The molecule has 0 spiro atoms. The Morgan fingerprint density at radius 2 is 1.48 bits per heavy atom. The first-order chi connectivity index (χ1) is 25.7. The molecule has 0 saturated carbocycles. The lowest BCUT2D eigenvalue weighted by molar-refractivity contribution is -0.168. The van der Waals surface area contributed by atoms with Crippen molar-refractivity contribution in [2.45, 2.75) is 83.8 Å². The number of nitrogens with zero attached hydrogens (tertiary/aromatic N) is 1. The van der Waals surface area contributed by atoms with Gasteiger partial charge in [-0.15, -0.1) is 0 Å². The van der Waals surface area contributed by atoms with Gasteiger partial charge >= 0.3 is 24.0 Å². The summed E-state index contributed by atoms with van der Waals surface area (Å²) in [5.41, 5.74) is 3.30. The molecule has 1 saturated heterocycles. The third-order valence-corrected chi connectivity index (χ3v) is 9.24. The quantitative estimate of drug-likeness (QED) is 0.206. The molecule has 1 heterocycles. The molecule has 12 nitrogen and oxygen atoms in total. The lowest BCUT2D eigenvalue weighted by Gasteiger charge is -2.33. The van der Waals surface area contributed by atoms with Crippen molar-refractivity contribution in [3.8, 4) is 11.1 Å². The zero-order chi connectivity index (χ0) is 39.0. The number of rotatable bonds is 12. The second-order valence-corrected chi connectivity index (χ2v) is 14.5. The van der Waals surface area contributed by atoms with Crippen molar-refractivity contribution in [3.63, 3.8) is 0 Å². The maximum absolute atomic E-state index is 14.3. The number of allylic oxidation sites excluding steroid dienone is 7. The number of likely N-dealkylation sites (tertiary alicyclic amines) is 1. The Bertz CT molecular complexity index is 1810. The number of fused-ring (bicyclic) bond motifs is 3. The summed E-state index contributed by atoms with van der Waals surface area (Å²) in [6.45, 7) is 8.70. The molecule has 1 N–H and O–H groups in total. The van der Waals surface area contributed by atoms with Gasteiger partial charge in [0.2, 0.25) is 5.91 Å². The van der Waals surface area contributed by atoms with E-state index in [9.17, 15) is 24.0 Å². The van der Waals surface area contributed by atoms with Gasteiger partial charge in [0, 0.05) is 32.1 Å². The molecule has 1 aliphatic heterocycles. The number of ether oxygens (including phenoxy) is 5. The zero-order valence-corrected chi connectivity index (χ0v) is 31.5. The fourth-order valence-electron chi connectivity index (χ4n) is 6.77. The second kappa shape index (κ2) is 17.5. The zero-order valence-electron chi connectivity index (χ0n) is 31.5. The third kappa shape index (κ3) is 10.1. The molecular weight excluding hydrogens is 692 g/mol. The van der Waals surface area contributed by atoms with Gasteiger partial charge in [0.1, 0.15) is 48.9 Å². The van der Waals surface area contributed by atoms with Gasteiger partial charge in [0.15, 0.2) is 0 Å². The highest BCUT2D eigenvalue weighted by Gasteiger charge is 2.45. The highest BCUT2D eigenvalue weighted by molar-refractivity contribution is 5.90. The van der Waals surface area contributed by atoms with Gasteiger partial charge < -0.3 is 29.0 Å². The van der Waals surface area contributed by atoms with E-state index in [1.807, 2.05) is 78.9 Å². The first-order valence-electron chi connectivity index (χ1n) is 18.1. The number of carbonyl (C=O) groups is 5. The first kappa shape index (κ1) is 39.6. The molecule has 2 aromatic rings. The Hall–Kier alpha value is -5.65. The van der Waals surface area contributed by atoms with Crippen LogP contribution in [0.2, 0.25) is 0 Å². The summed E-state index contributed by atoms with van der Waals surface area (Å²) < 4.78 is 28.5. The van der Waals surface area contributed by atoms with Gasteiger partial charge in [-0.05, 0) is 55.2 Å². The SMILES string of the molecule is CC(=O)OC[C@H](OC(C)=O)[C@H](C)[C@H](NC(=O)[C@@H]1C[C@@H](OC2=C/C=C\C=C/C=C\2)CN1C(=O)OCC1c2ccccc2-c2ccccc21)C(=O)OC(C)(C)C. The molecule has 0 unspecified atom stereocenters. The molecule has 0 radical (unpaired) electrons. The van der Waals surface area contributed by atoms with Gasteiger partial charge in [0.25, 0.3) is 0 Å². The molecule has 1 fully saturated rings. The molecular formula is C42H48N2O10. The lowest BCUT2D eigenvalue weighted by atomic mass is 9.94. The van der Waals surface area contributed by atoms with Crippen LogP contribution in [-0.2, 0) is 42.9 Å². The molecule has 5 rings (SSSR count). The van der Waals surface area contributed by atoms with Crippen LogP contribution in [0.3, 0.4) is 0 Å². The minimum atomic E-state index is -1.37.